The monoisotopic (exact) mass is 354 g/mol. The molecule has 0 spiro atoms. The molecule has 2 heterocycles. The summed E-state index contributed by atoms with van der Waals surface area (Å²) >= 11 is 0. The molecule has 6 nitrogen and oxygen atoms in total. The Morgan fingerprint density at radius 1 is 1.38 bits per heavy atom. The number of fused-ring (bicyclic) bond motifs is 1. The first-order valence-corrected chi connectivity index (χ1v) is 12.4. The van der Waals surface area contributed by atoms with Gasteiger partial charge in [0.05, 0.1) is 0 Å². The molecular formula is C17H32N3O3Si-. The third-order valence-electron chi connectivity index (χ3n) is 5.53. The summed E-state index contributed by atoms with van der Waals surface area (Å²) in [6.45, 7) is 17.7. The van der Waals surface area contributed by atoms with Crippen molar-refractivity contribution in [3.05, 3.63) is 11.6 Å². The summed E-state index contributed by atoms with van der Waals surface area (Å²) in [7, 11) is -2.25. The molecule has 1 aliphatic rings. The Morgan fingerprint density at radius 2 is 2.00 bits per heavy atom. The van der Waals surface area contributed by atoms with E-state index in [9.17, 15) is 4.79 Å². The number of carbonyl (C=O) groups excluding carboxylic acids is 1. The van der Waals surface area contributed by atoms with Gasteiger partial charge in [0, 0.05) is 0 Å². The molecule has 2 atom stereocenters. The molecule has 0 N–H and O–H groups in total. The van der Waals surface area contributed by atoms with Gasteiger partial charge in [-0.05, 0) is 0 Å². The molecule has 1 aliphatic heterocycles. The summed E-state index contributed by atoms with van der Waals surface area (Å²) in [4.78, 5) is 16.5. The fourth-order valence-electron chi connectivity index (χ4n) is 2.79. The first-order valence-electron chi connectivity index (χ1n) is 9.01. The van der Waals surface area contributed by atoms with Gasteiger partial charge in [-0.1, -0.05) is 0 Å². The van der Waals surface area contributed by atoms with Gasteiger partial charge in [0.25, 0.3) is 0 Å². The summed E-state index contributed by atoms with van der Waals surface area (Å²) in [6.07, 6.45) is 0.780. The zero-order valence-corrected chi connectivity index (χ0v) is 17.4. The van der Waals surface area contributed by atoms with E-state index in [2.05, 4.69) is 57.8 Å². The van der Waals surface area contributed by atoms with E-state index in [1.54, 1.807) is 6.92 Å². The zero-order valence-electron chi connectivity index (χ0n) is 16.3. The standard InChI is InChI=1S/C17H32N3O3Si/c1-9-22-16(21)14-18-15-13(23-24(7,8)17(4,5)6)10-12(11(2)3)20(15)19-14/h11-13,24H,9-10H2,1-8H3/q-1. The van der Waals surface area contributed by atoms with Gasteiger partial charge >= 0.3 is 145 Å². The molecule has 0 amide bonds. The Balaban J connectivity index is 2.33. The van der Waals surface area contributed by atoms with Crippen molar-refractivity contribution in [2.24, 2.45) is 5.92 Å². The van der Waals surface area contributed by atoms with Crippen LogP contribution in [0.2, 0.25) is 18.1 Å². The van der Waals surface area contributed by atoms with E-state index < -0.39 is 14.3 Å². The van der Waals surface area contributed by atoms with E-state index in [0.717, 1.165) is 12.2 Å². The van der Waals surface area contributed by atoms with Crippen molar-refractivity contribution < 1.29 is 14.0 Å². The van der Waals surface area contributed by atoms with E-state index in [0.29, 0.717) is 12.5 Å². The Morgan fingerprint density at radius 3 is 2.50 bits per heavy atom. The fraction of sp³-hybridized carbons (Fsp3) is 0.824. The average molecular weight is 355 g/mol. The molecule has 0 radical (unpaired) electrons. The molecule has 2 rings (SSSR count). The van der Waals surface area contributed by atoms with Crippen LogP contribution in [0.5, 0.6) is 0 Å². The van der Waals surface area contributed by atoms with Gasteiger partial charge in [-0.2, -0.15) is 0 Å². The SMILES string of the molecule is CCOC(=O)c1nc2n(n1)C(C(C)C)CC2O[SiH-](C)(C)C(C)(C)C. The van der Waals surface area contributed by atoms with Crippen LogP contribution in [-0.4, -0.2) is 35.7 Å². The molecule has 24 heavy (non-hydrogen) atoms. The molecule has 7 heteroatoms. The number of nitrogens with zero attached hydrogens (tertiary/aromatic N) is 3. The van der Waals surface area contributed by atoms with Crippen molar-refractivity contribution >= 4 is 14.3 Å². The van der Waals surface area contributed by atoms with Crippen molar-refractivity contribution in [3.63, 3.8) is 0 Å². The molecule has 1 aromatic heterocycles. The third-order valence-corrected chi connectivity index (χ3v) is 10.7. The summed E-state index contributed by atoms with van der Waals surface area (Å²) in [5.41, 5.74) is 0. The van der Waals surface area contributed by atoms with Crippen LogP contribution >= 0.6 is 0 Å². The van der Waals surface area contributed by atoms with E-state index in [4.69, 9.17) is 9.16 Å². The van der Waals surface area contributed by atoms with Gasteiger partial charge < -0.3 is 0 Å². The van der Waals surface area contributed by atoms with E-state index in [1.807, 2.05) is 4.68 Å². The molecule has 0 saturated heterocycles. The summed E-state index contributed by atoms with van der Waals surface area (Å²) < 4.78 is 13.5. The first-order chi connectivity index (χ1) is 11.0. The molecule has 0 aromatic carbocycles. The number of rotatable bonds is 5. The Kier molecular flexibility index (Phi) is 5.25. The van der Waals surface area contributed by atoms with Gasteiger partial charge in [0.1, 0.15) is 0 Å². The molecule has 0 aliphatic carbocycles. The third kappa shape index (κ3) is 3.56. The van der Waals surface area contributed by atoms with Crippen molar-refractivity contribution in [1.82, 2.24) is 14.8 Å². The summed E-state index contributed by atoms with van der Waals surface area (Å²) in [6, 6.07) is 0.204. The quantitative estimate of drug-likeness (QED) is 0.593. The van der Waals surface area contributed by atoms with Crippen molar-refractivity contribution in [2.75, 3.05) is 6.61 Å². The predicted molar refractivity (Wildman–Crippen MR) is 96.9 cm³/mol. The molecule has 0 saturated carbocycles. The van der Waals surface area contributed by atoms with E-state index in [1.165, 1.54) is 0 Å². The summed E-state index contributed by atoms with van der Waals surface area (Å²) in [5.74, 6) is 0.853. The topological polar surface area (TPSA) is 66.2 Å². The number of hydrogen-bond donors (Lipinski definition) is 0. The minimum atomic E-state index is -2.25. The van der Waals surface area contributed by atoms with Crippen LogP contribution in [-0.2, 0) is 9.16 Å². The van der Waals surface area contributed by atoms with Gasteiger partial charge in [-0.25, -0.2) is 0 Å². The Hall–Kier alpha value is -1.21. The van der Waals surface area contributed by atoms with Crippen LogP contribution in [0, 0.1) is 5.92 Å². The molecular weight excluding hydrogens is 322 g/mol. The maximum atomic E-state index is 12.0. The van der Waals surface area contributed by atoms with Crippen LogP contribution in [0.3, 0.4) is 0 Å². The van der Waals surface area contributed by atoms with Crippen molar-refractivity contribution in [2.45, 2.75) is 78.2 Å². The van der Waals surface area contributed by atoms with E-state index >= 15 is 0 Å². The molecule has 0 fully saturated rings. The second-order valence-corrected chi connectivity index (χ2v) is 14.2. The normalized spacial score (nSPS) is 21.9. The van der Waals surface area contributed by atoms with Crippen molar-refractivity contribution in [3.8, 4) is 0 Å². The fourth-order valence-corrected chi connectivity index (χ4v) is 4.25. The Bertz CT molecular complexity index is 605. The van der Waals surface area contributed by atoms with Gasteiger partial charge in [-0.15, -0.1) is 0 Å². The zero-order chi connectivity index (χ0) is 18.3. The second kappa shape index (κ2) is 6.59. The first kappa shape index (κ1) is 19.1. The van der Waals surface area contributed by atoms with Crippen LogP contribution in [0.4, 0.5) is 0 Å². The van der Waals surface area contributed by atoms with Crippen LogP contribution in [0.25, 0.3) is 0 Å². The van der Waals surface area contributed by atoms with Crippen LogP contribution < -0.4 is 0 Å². The van der Waals surface area contributed by atoms with Crippen LogP contribution in [0.1, 0.15) is 76.6 Å². The minimum absolute atomic E-state index is 0.0905. The predicted octanol–water partition coefficient (Wildman–Crippen LogP) is 3.85. The molecule has 0 bridgehead atoms. The van der Waals surface area contributed by atoms with Gasteiger partial charge in [-0.3, -0.25) is 0 Å². The number of carbonyl (C=O) groups is 1. The average Bonchev–Trinajstić information content (AvgIpc) is 2.98. The van der Waals surface area contributed by atoms with Gasteiger partial charge in [0.15, 0.2) is 0 Å². The van der Waals surface area contributed by atoms with Crippen LogP contribution in [0.15, 0.2) is 0 Å². The van der Waals surface area contributed by atoms with Gasteiger partial charge in [0.2, 0.25) is 0 Å². The molecule has 138 valence electrons. The molecule has 1 aromatic rings. The number of ether oxygens (including phenoxy) is 1. The Labute approximate surface area is 146 Å². The summed E-state index contributed by atoms with van der Waals surface area (Å²) in [5, 5.41) is 4.57. The number of esters is 1. The maximum absolute atomic E-state index is 12.0. The number of hydrogen-bond acceptors (Lipinski definition) is 5. The second-order valence-electron chi connectivity index (χ2n) is 8.74. The number of aromatic nitrogens is 3. The molecule has 2 unspecified atom stereocenters. The van der Waals surface area contributed by atoms with Crippen molar-refractivity contribution in [1.29, 1.82) is 0 Å². The van der Waals surface area contributed by atoms with E-state index in [-0.39, 0.29) is 23.0 Å².